The van der Waals surface area contributed by atoms with Gasteiger partial charge in [0.05, 0.1) is 12.2 Å². The molecule has 0 radical (unpaired) electrons. The molecular formula is C15H13BrO3. The summed E-state index contributed by atoms with van der Waals surface area (Å²) in [4.78, 5) is 11.6. The summed E-state index contributed by atoms with van der Waals surface area (Å²) in [5.41, 5.74) is 1.86. The van der Waals surface area contributed by atoms with Crippen LogP contribution in [0.2, 0.25) is 0 Å². The Morgan fingerprint density at radius 1 is 1.26 bits per heavy atom. The first-order chi connectivity index (χ1) is 9.13. The highest BCUT2D eigenvalue weighted by Crippen LogP contribution is 2.37. The van der Waals surface area contributed by atoms with Gasteiger partial charge in [-0.1, -0.05) is 30.3 Å². The van der Waals surface area contributed by atoms with Crippen molar-refractivity contribution in [1.82, 2.24) is 0 Å². The van der Waals surface area contributed by atoms with Crippen molar-refractivity contribution in [3.8, 4) is 16.9 Å². The van der Waals surface area contributed by atoms with Gasteiger partial charge in [0, 0.05) is 10.0 Å². The third kappa shape index (κ3) is 2.96. The van der Waals surface area contributed by atoms with Gasteiger partial charge in [0.25, 0.3) is 0 Å². The highest BCUT2D eigenvalue weighted by molar-refractivity contribution is 9.10. The van der Waals surface area contributed by atoms with E-state index < -0.39 is 5.97 Å². The number of phenols is 1. The van der Waals surface area contributed by atoms with Crippen molar-refractivity contribution in [2.24, 2.45) is 0 Å². The van der Waals surface area contributed by atoms with Crippen molar-refractivity contribution in [1.29, 1.82) is 0 Å². The number of hydrogen-bond acceptors (Lipinski definition) is 3. The van der Waals surface area contributed by atoms with Crippen LogP contribution in [0, 0.1) is 0 Å². The topological polar surface area (TPSA) is 46.5 Å². The Morgan fingerprint density at radius 2 is 1.95 bits per heavy atom. The first-order valence-electron chi connectivity index (χ1n) is 5.88. The number of aromatic hydroxyl groups is 1. The van der Waals surface area contributed by atoms with E-state index in [-0.39, 0.29) is 5.75 Å². The fourth-order valence-electron chi connectivity index (χ4n) is 1.82. The molecule has 0 saturated carbocycles. The molecule has 2 aromatic carbocycles. The van der Waals surface area contributed by atoms with E-state index in [4.69, 9.17) is 4.74 Å². The number of hydrogen-bond donors (Lipinski definition) is 1. The first kappa shape index (κ1) is 13.6. The molecule has 0 aliphatic heterocycles. The van der Waals surface area contributed by atoms with Crippen LogP contribution in [0.4, 0.5) is 0 Å². The molecule has 0 aliphatic rings. The van der Waals surface area contributed by atoms with Crippen LogP contribution in [0.5, 0.6) is 5.75 Å². The molecule has 0 spiro atoms. The molecular weight excluding hydrogens is 308 g/mol. The summed E-state index contributed by atoms with van der Waals surface area (Å²) in [6.45, 7) is 2.04. The van der Waals surface area contributed by atoms with Crippen LogP contribution in [0.15, 0.2) is 46.9 Å². The van der Waals surface area contributed by atoms with Gasteiger partial charge in [-0.2, -0.15) is 0 Å². The number of phenolic OH excluding ortho intramolecular Hbond substituents is 1. The maximum absolute atomic E-state index is 11.6. The lowest BCUT2D eigenvalue weighted by Gasteiger charge is -2.10. The minimum Gasteiger partial charge on any atom is -0.507 e. The summed E-state index contributed by atoms with van der Waals surface area (Å²) < 4.78 is 5.57. The van der Waals surface area contributed by atoms with Gasteiger partial charge >= 0.3 is 5.97 Å². The Kier molecular flexibility index (Phi) is 4.22. The van der Waals surface area contributed by atoms with Crippen molar-refractivity contribution in [2.75, 3.05) is 6.61 Å². The number of carbonyl (C=O) groups is 1. The van der Waals surface area contributed by atoms with Crippen molar-refractivity contribution in [3.05, 3.63) is 52.5 Å². The average Bonchev–Trinajstić information content (AvgIpc) is 2.39. The Bertz CT molecular complexity index is 571. The molecule has 4 heteroatoms. The van der Waals surface area contributed by atoms with Gasteiger partial charge < -0.3 is 9.84 Å². The quantitative estimate of drug-likeness (QED) is 0.869. The van der Waals surface area contributed by atoms with E-state index in [1.54, 1.807) is 13.0 Å². The van der Waals surface area contributed by atoms with E-state index in [0.29, 0.717) is 22.2 Å². The third-order valence-electron chi connectivity index (χ3n) is 2.64. The fourth-order valence-corrected chi connectivity index (χ4v) is 2.49. The second kappa shape index (κ2) is 5.89. The standard InChI is InChI=1S/C15H13BrO3/c1-2-19-15(18)11-8-12(16)14(13(17)9-11)10-6-4-3-5-7-10/h3-9,17H,2H2,1H3. The van der Waals surface area contributed by atoms with Gasteiger partial charge in [-0.05, 0) is 40.5 Å². The van der Waals surface area contributed by atoms with E-state index in [2.05, 4.69) is 15.9 Å². The van der Waals surface area contributed by atoms with E-state index >= 15 is 0 Å². The normalized spacial score (nSPS) is 10.2. The summed E-state index contributed by atoms with van der Waals surface area (Å²) >= 11 is 3.39. The van der Waals surface area contributed by atoms with Crippen LogP contribution in [0.25, 0.3) is 11.1 Å². The molecule has 0 amide bonds. The van der Waals surface area contributed by atoms with Crippen LogP contribution in [-0.2, 0) is 4.74 Å². The average molecular weight is 321 g/mol. The minimum atomic E-state index is -0.446. The van der Waals surface area contributed by atoms with Crippen LogP contribution in [0.3, 0.4) is 0 Å². The van der Waals surface area contributed by atoms with E-state index in [1.807, 2.05) is 30.3 Å². The first-order valence-corrected chi connectivity index (χ1v) is 6.68. The lowest BCUT2D eigenvalue weighted by molar-refractivity contribution is 0.0526. The minimum absolute atomic E-state index is 0.0450. The lowest BCUT2D eigenvalue weighted by atomic mass is 10.0. The van der Waals surface area contributed by atoms with Crippen molar-refractivity contribution in [2.45, 2.75) is 6.92 Å². The third-order valence-corrected chi connectivity index (χ3v) is 3.27. The maximum atomic E-state index is 11.6. The van der Waals surface area contributed by atoms with Crippen LogP contribution < -0.4 is 0 Å². The van der Waals surface area contributed by atoms with Crippen LogP contribution >= 0.6 is 15.9 Å². The SMILES string of the molecule is CCOC(=O)c1cc(O)c(-c2ccccc2)c(Br)c1. The Balaban J connectivity index is 2.47. The van der Waals surface area contributed by atoms with Gasteiger partial charge in [0.15, 0.2) is 0 Å². The van der Waals surface area contributed by atoms with Gasteiger partial charge in [-0.3, -0.25) is 0 Å². The molecule has 0 aromatic heterocycles. The Labute approximate surface area is 120 Å². The summed E-state index contributed by atoms with van der Waals surface area (Å²) in [5.74, 6) is -0.401. The number of benzene rings is 2. The zero-order valence-electron chi connectivity index (χ0n) is 10.4. The fraction of sp³-hybridized carbons (Fsp3) is 0.133. The number of ether oxygens (including phenoxy) is 1. The highest BCUT2D eigenvalue weighted by Gasteiger charge is 2.15. The van der Waals surface area contributed by atoms with Gasteiger partial charge in [0.1, 0.15) is 5.75 Å². The predicted molar refractivity (Wildman–Crippen MR) is 77.2 cm³/mol. The zero-order valence-corrected chi connectivity index (χ0v) is 12.0. The zero-order chi connectivity index (χ0) is 13.8. The molecule has 0 aliphatic carbocycles. The van der Waals surface area contributed by atoms with Gasteiger partial charge in [-0.25, -0.2) is 4.79 Å². The molecule has 0 fully saturated rings. The van der Waals surface area contributed by atoms with Gasteiger partial charge in [0.2, 0.25) is 0 Å². The maximum Gasteiger partial charge on any atom is 0.338 e. The molecule has 0 atom stereocenters. The Hall–Kier alpha value is -1.81. The summed E-state index contributed by atoms with van der Waals surface area (Å²) in [7, 11) is 0. The molecule has 0 saturated heterocycles. The van der Waals surface area contributed by atoms with E-state index in [0.717, 1.165) is 5.56 Å². The summed E-state index contributed by atoms with van der Waals surface area (Å²) in [5, 5.41) is 10.1. The second-order valence-electron chi connectivity index (χ2n) is 3.94. The molecule has 3 nitrogen and oxygen atoms in total. The predicted octanol–water partition coefficient (Wildman–Crippen LogP) is 4.00. The largest absolute Gasteiger partial charge is 0.507 e. The van der Waals surface area contributed by atoms with Gasteiger partial charge in [-0.15, -0.1) is 0 Å². The lowest BCUT2D eigenvalue weighted by Crippen LogP contribution is -2.04. The number of rotatable bonds is 3. The molecule has 2 rings (SSSR count). The van der Waals surface area contributed by atoms with E-state index in [9.17, 15) is 9.90 Å². The number of halogens is 1. The molecule has 0 bridgehead atoms. The monoisotopic (exact) mass is 320 g/mol. The summed E-state index contributed by atoms with van der Waals surface area (Å²) in [6, 6.07) is 12.5. The summed E-state index contributed by atoms with van der Waals surface area (Å²) in [6.07, 6.45) is 0. The second-order valence-corrected chi connectivity index (χ2v) is 4.79. The molecule has 0 heterocycles. The molecule has 19 heavy (non-hydrogen) atoms. The number of esters is 1. The molecule has 1 N–H and O–H groups in total. The molecule has 0 unspecified atom stereocenters. The van der Waals surface area contributed by atoms with Crippen molar-refractivity contribution < 1.29 is 14.6 Å². The van der Waals surface area contributed by atoms with E-state index in [1.165, 1.54) is 6.07 Å². The smallest absolute Gasteiger partial charge is 0.338 e. The number of carbonyl (C=O) groups excluding carboxylic acids is 1. The van der Waals surface area contributed by atoms with Crippen molar-refractivity contribution in [3.63, 3.8) is 0 Å². The highest BCUT2D eigenvalue weighted by atomic mass is 79.9. The molecule has 2 aromatic rings. The van der Waals surface area contributed by atoms with Crippen LogP contribution in [-0.4, -0.2) is 17.7 Å². The Morgan fingerprint density at radius 3 is 2.53 bits per heavy atom. The molecule has 98 valence electrons. The van der Waals surface area contributed by atoms with Crippen molar-refractivity contribution >= 4 is 21.9 Å². The van der Waals surface area contributed by atoms with Crippen LogP contribution in [0.1, 0.15) is 17.3 Å².